The Balaban J connectivity index is 2.33. The van der Waals surface area contributed by atoms with Gasteiger partial charge in [0.25, 0.3) is 0 Å². The number of rotatable bonds is 2. The summed E-state index contributed by atoms with van der Waals surface area (Å²) in [4.78, 5) is 3.76. The molecule has 0 saturated carbocycles. The summed E-state index contributed by atoms with van der Waals surface area (Å²) < 4.78 is 26.0. The third-order valence-electron chi connectivity index (χ3n) is 2.54. The lowest BCUT2D eigenvalue weighted by atomic mass is 10.0. The van der Waals surface area contributed by atoms with Gasteiger partial charge in [-0.1, -0.05) is 12.1 Å². The fraction of sp³-hybridized carbons (Fsp3) is 0.154. The number of hydrogen-bond acceptors (Lipinski definition) is 2. The Morgan fingerprint density at radius 1 is 1.18 bits per heavy atom. The molecule has 0 bridgehead atoms. The highest BCUT2D eigenvalue weighted by molar-refractivity contribution is 5.29. The highest BCUT2D eigenvalue weighted by Gasteiger charge is 2.13. The molecule has 1 atom stereocenters. The molecule has 0 fully saturated rings. The zero-order chi connectivity index (χ0) is 12.4. The van der Waals surface area contributed by atoms with Gasteiger partial charge in [0.1, 0.15) is 17.7 Å². The second-order valence-corrected chi connectivity index (χ2v) is 3.81. The van der Waals surface area contributed by atoms with Gasteiger partial charge in [-0.2, -0.15) is 0 Å². The van der Waals surface area contributed by atoms with E-state index in [-0.39, 0.29) is 11.5 Å². The maximum Gasteiger partial charge on any atom is 0.141 e. The Morgan fingerprint density at radius 2 is 1.94 bits per heavy atom. The summed E-state index contributed by atoms with van der Waals surface area (Å²) in [5, 5.41) is 9.95. The smallest absolute Gasteiger partial charge is 0.141 e. The number of aromatic nitrogens is 1. The van der Waals surface area contributed by atoms with Gasteiger partial charge in [-0.05, 0) is 36.2 Å². The van der Waals surface area contributed by atoms with E-state index in [1.54, 1.807) is 19.1 Å². The van der Waals surface area contributed by atoms with Crippen molar-refractivity contribution in [1.82, 2.24) is 4.98 Å². The van der Waals surface area contributed by atoms with E-state index in [0.29, 0.717) is 11.1 Å². The molecule has 1 aromatic carbocycles. The third-order valence-corrected chi connectivity index (χ3v) is 2.54. The Hall–Kier alpha value is -1.81. The minimum Gasteiger partial charge on any atom is -0.382 e. The Bertz CT molecular complexity index is 525. The van der Waals surface area contributed by atoms with Gasteiger partial charge in [0.05, 0.1) is 11.9 Å². The van der Waals surface area contributed by atoms with Gasteiger partial charge < -0.3 is 5.11 Å². The molecule has 2 nitrogen and oxygen atoms in total. The summed E-state index contributed by atoms with van der Waals surface area (Å²) in [6.45, 7) is 1.64. The minimum atomic E-state index is -1.05. The van der Waals surface area contributed by atoms with Crippen molar-refractivity contribution >= 4 is 0 Å². The lowest BCUT2D eigenvalue weighted by molar-refractivity contribution is 0.214. The van der Waals surface area contributed by atoms with Crippen molar-refractivity contribution in [1.29, 1.82) is 0 Å². The van der Waals surface area contributed by atoms with E-state index in [1.807, 2.05) is 0 Å². The lowest BCUT2D eigenvalue weighted by Gasteiger charge is -2.11. The number of aliphatic hydroxyl groups is 1. The molecule has 0 saturated heterocycles. The third kappa shape index (κ3) is 2.47. The molecule has 1 unspecified atom stereocenters. The summed E-state index contributed by atoms with van der Waals surface area (Å²) in [5.41, 5.74) is 1.19. The molecule has 0 aliphatic heterocycles. The van der Waals surface area contributed by atoms with E-state index in [9.17, 15) is 13.9 Å². The monoisotopic (exact) mass is 235 g/mol. The van der Waals surface area contributed by atoms with Crippen LogP contribution in [0.25, 0.3) is 0 Å². The van der Waals surface area contributed by atoms with E-state index in [0.717, 1.165) is 6.20 Å². The van der Waals surface area contributed by atoms with Crippen molar-refractivity contribution in [3.05, 3.63) is 65.0 Å². The van der Waals surface area contributed by atoms with Gasteiger partial charge in [0, 0.05) is 0 Å². The Kier molecular flexibility index (Phi) is 3.15. The molecule has 1 aromatic heterocycles. The number of pyridine rings is 1. The fourth-order valence-corrected chi connectivity index (χ4v) is 1.50. The average Bonchev–Trinajstić information content (AvgIpc) is 2.33. The van der Waals surface area contributed by atoms with Crippen molar-refractivity contribution in [2.45, 2.75) is 13.0 Å². The van der Waals surface area contributed by atoms with Gasteiger partial charge in [0.2, 0.25) is 0 Å². The van der Waals surface area contributed by atoms with Gasteiger partial charge >= 0.3 is 0 Å². The zero-order valence-corrected chi connectivity index (χ0v) is 9.19. The van der Waals surface area contributed by atoms with Crippen LogP contribution < -0.4 is 0 Å². The van der Waals surface area contributed by atoms with E-state index < -0.39 is 11.9 Å². The van der Waals surface area contributed by atoms with Crippen LogP contribution in [0, 0.1) is 18.6 Å². The van der Waals surface area contributed by atoms with Crippen LogP contribution in [0.4, 0.5) is 8.78 Å². The first-order chi connectivity index (χ1) is 8.08. The molecule has 1 N–H and O–H groups in total. The van der Waals surface area contributed by atoms with Crippen LogP contribution in [0.2, 0.25) is 0 Å². The number of hydrogen-bond donors (Lipinski definition) is 1. The largest absolute Gasteiger partial charge is 0.382 e. The fourth-order valence-electron chi connectivity index (χ4n) is 1.50. The number of nitrogens with zero attached hydrogens (tertiary/aromatic N) is 1. The van der Waals surface area contributed by atoms with Crippen LogP contribution in [0.15, 0.2) is 36.5 Å². The molecule has 2 rings (SSSR count). The normalized spacial score (nSPS) is 12.5. The van der Waals surface area contributed by atoms with Crippen LogP contribution in [0.3, 0.4) is 0 Å². The lowest BCUT2D eigenvalue weighted by Crippen LogP contribution is -2.03. The van der Waals surface area contributed by atoms with Crippen molar-refractivity contribution in [3.63, 3.8) is 0 Å². The molecule has 0 radical (unpaired) electrons. The molecule has 4 heteroatoms. The van der Waals surface area contributed by atoms with Crippen molar-refractivity contribution in [3.8, 4) is 0 Å². The van der Waals surface area contributed by atoms with E-state index >= 15 is 0 Å². The van der Waals surface area contributed by atoms with Crippen molar-refractivity contribution in [2.75, 3.05) is 0 Å². The van der Waals surface area contributed by atoms with Crippen molar-refractivity contribution < 1.29 is 13.9 Å². The van der Waals surface area contributed by atoms with Crippen LogP contribution >= 0.6 is 0 Å². The summed E-state index contributed by atoms with van der Waals surface area (Å²) in [7, 11) is 0. The number of aryl methyl sites for hydroxylation is 1. The van der Waals surface area contributed by atoms with Crippen LogP contribution in [-0.4, -0.2) is 10.1 Å². The number of benzene rings is 1. The highest BCUT2D eigenvalue weighted by atomic mass is 19.1. The SMILES string of the molecule is Cc1ccc(C(O)c2ccc(F)cn2)cc1F. The molecule has 0 aliphatic rings. The molecule has 0 spiro atoms. The van der Waals surface area contributed by atoms with E-state index in [1.165, 1.54) is 18.2 Å². The quantitative estimate of drug-likeness (QED) is 0.868. The van der Waals surface area contributed by atoms with Gasteiger partial charge in [0.15, 0.2) is 0 Å². The second-order valence-electron chi connectivity index (χ2n) is 3.81. The summed E-state index contributed by atoms with van der Waals surface area (Å²) >= 11 is 0. The summed E-state index contributed by atoms with van der Waals surface area (Å²) in [6, 6.07) is 7.03. The number of aliphatic hydroxyl groups excluding tert-OH is 1. The molecule has 2 aromatic rings. The molecule has 17 heavy (non-hydrogen) atoms. The molecular formula is C13H11F2NO. The molecule has 0 amide bonds. The molecule has 88 valence electrons. The Morgan fingerprint density at radius 3 is 2.53 bits per heavy atom. The minimum absolute atomic E-state index is 0.287. The Labute approximate surface area is 97.6 Å². The summed E-state index contributed by atoms with van der Waals surface area (Å²) in [6.07, 6.45) is -0.0333. The zero-order valence-electron chi connectivity index (χ0n) is 9.19. The van der Waals surface area contributed by atoms with Gasteiger partial charge in [-0.25, -0.2) is 8.78 Å². The predicted octanol–water partition coefficient (Wildman–Crippen LogP) is 2.75. The van der Waals surface area contributed by atoms with Gasteiger partial charge in [-0.3, -0.25) is 4.98 Å². The standard InChI is InChI=1S/C13H11F2NO/c1-8-2-3-9(6-11(8)15)13(17)12-5-4-10(14)7-16-12/h2-7,13,17H,1H3. The first-order valence-electron chi connectivity index (χ1n) is 5.13. The number of halogens is 2. The van der Waals surface area contributed by atoms with Crippen LogP contribution in [0.5, 0.6) is 0 Å². The molecule has 0 aliphatic carbocycles. The predicted molar refractivity (Wildman–Crippen MR) is 59.4 cm³/mol. The van der Waals surface area contributed by atoms with Crippen molar-refractivity contribution in [2.24, 2.45) is 0 Å². The second kappa shape index (κ2) is 4.59. The molecule has 1 heterocycles. The summed E-state index contributed by atoms with van der Waals surface area (Å²) in [5.74, 6) is -0.861. The first kappa shape index (κ1) is 11.7. The van der Waals surface area contributed by atoms with Crippen LogP contribution in [-0.2, 0) is 0 Å². The highest BCUT2D eigenvalue weighted by Crippen LogP contribution is 2.22. The maximum atomic E-state index is 13.3. The van der Waals surface area contributed by atoms with E-state index in [2.05, 4.69) is 4.98 Å². The van der Waals surface area contributed by atoms with Gasteiger partial charge in [-0.15, -0.1) is 0 Å². The molecular weight excluding hydrogens is 224 g/mol. The average molecular weight is 235 g/mol. The van der Waals surface area contributed by atoms with E-state index in [4.69, 9.17) is 0 Å². The topological polar surface area (TPSA) is 33.1 Å². The van der Waals surface area contributed by atoms with Crippen LogP contribution in [0.1, 0.15) is 22.9 Å². The first-order valence-corrected chi connectivity index (χ1v) is 5.13. The maximum absolute atomic E-state index is 13.3.